The van der Waals surface area contributed by atoms with Crippen molar-refractivity contribution in [2.75, 3.05) is 25.6 Å². The van der Waals surface area contributed by atoms with Crippen LogP contribution in [-0.4, -0.2) is 40.0 Å². The zero-order chi connectivity index (χ0) is 16.4. The highest BCUT2D eigenvalue weighted by Gasteiger charge is 2.06. The topological polar surface area (TPSA) is 96.6 Å². The highest BCUT2D eigenvalue weighted by molar-refractivity contribution is 14.0. The average Bonchev–Trinajstić information content (AvgIpc) is 2.49. The normalized spacial score (nSPS) is 11.7. The van der Waals surface area contributed by atoms with E-state index in [0.29, 0.717) is 6.54 Å². The first-order chi connectivity index (χ1) is 10.5. The van der Waals surface area contributed by atoms with Crippen LogP contribution in [0, 0.1) is 0 Å². The molecular formula is C14H25IN4O2S2. The van der Waals surface area contributed by atoms with E-state index in [-0.39, 0.29) is 28.9 Å². The number of nitrogens with zero attached hydrogens (tertiary/aromatic N) is 1. The maximum absolute atomic E-state index is 11.2. The van der Waals surface area contributed by atoms with Gasteiger partial charge < -0.3 is 10.6 Å². The van der Waals surface area contributed by atoms with E-state index in [0.717, 1.165) is 24.5 Å². The summed E-state index contributed by atoms with van der Waals surface area (Å²) in [5, 5.41) is 11.5. The lowest BCUT2D eigenvalue weighted by Gasteiger charge is -2.12. The lowest BCUT2D eigenvalue weighted by molar-refractivity contribution is 0.597. The number of hydrogen-bond donors (Lipinski definition) is 3. The molecule has 9 heteroatoms. The Bertz CT molecular complexity index is 577. The molecule has 0 saturated carbocycles. The molecule has 0 saturated heterocycles. The standard InChI is InChI=1S/C14H24N4O2S2.HI/c1-16-14(17-9-3-4-10-21-2)18-11-12-5-7-13(8-6-12)22(15,19)20;/h5-8H,3-4,9-11H2,1-2H3,(H2,15,19,20)(H2,16,17,18);1H. The van der Waals surface area contributed by atoms with E-state index in [9.17, 15) is 8.42 Å². The molecule has 6 nitrogen and oxygen atoms in total. The summed E-state index contributed by atoms with van der Waals surface area (Å²) in [6, 6.07) is 6.48. The van der Waals surface area contributed by atoms with Crippen LogP contribution in [-0.2, 0) is 16.6 Å². The van der Waals surface area contributed by atoms with E-state index in [4.69, 9.17) is 5.14 Å². The first kappa shape index (κ1) is 22.5. The molecule has 4 N–H and O–H groups in total. The SMILES string of the molecule is CN=C(NCCCCSC)NCc1ccc(S(N)(=O)=O)cc1.I. The molecule has 132 valence electrons. The molecule has 1 aromatic rings. The number of nitrogens with two attached hydrogens (primary N) is 1. The van der Waals surface area contributed by atoms with Gasteiger partial charge in [-0.3, -0.25) is 4.99 Å². The fourth-order valence-corrected chi connectivity index (χ4v) is 2.79. The molecule has 0 aliphatic rings. The molecule has 23 heavy (non-hydrogen) atoms. The molecule has 0 bridgehead atoms. The molecule has 1 aromatic carbocycles. The molecule has 0 fully saturated rings. The highest BCUT2D eigenvalue weighted by atomic mass is 127. The molecule has 0 aromatic heterocycles. The third kappa shape index (κ3) is 9.38. The van der Waals surface area contributed by atoms with E-state index in [1.54, 1.807) is 19.2 Å². The van der Waals surface area contributed by atoms with Crippen LogP contribution in [0.2, 0.25) is 0 Å². The summed E-state index contributed by atoms with van der Waals surface area (Å²) in [6.07, 6.45) is 4.39. The van der Waals surface area contributed by atoms with Gasteiger partial charge in [0, 0.05) is 20.1 Å². The first-order valence-corrected chi connectivity index (χ1v) is 9.96. The van der Waals surface area contributed by atoms with E-state index in [1.807, 2.05) is 11.8 Å². The summed E-state index contributed by atoms with van der Waals surface area (Å²) in [5.74, 6) is 1.91. The van der Waals surface area contributed by atoms with E-state index in [1.165, 1.54) is 24.3 Å². The van der Waals surface area contributed by atoms with Gasteiger partial charge in [0.15, 0.2) is 5.96 Å². The number of rotatable bonds is 8. The van der Waals surface area contributed by atoms with Crippen molar-refractivity contribution in [2.45, 2.75) is 24.3 Å². The number of unbranched alkanes of at least 4 members (excludes halogenated alkanes) is 1. The Kier molecular flexibility index (Phi) is 11.7. The number of halogens is 1. The Balaban J connectivity index is 0.00000484. The minimum atomic E-state index is -3.63. The molecular weight excluding hydrogens is 447 g/mol. The molecule has 0 atom stereocenters. The molecule has 0 aliphatic carbocycles. The minimum absolute atomic E-state index is 0. The first-order valence-electron chi connectivity index (χ1n) is 7.02. The smallest absolute Gasteiger partial charge is 0.238 e. The second-order valence-corrected chi connectivity index (χ2v) is 7.29. The summed E-state index contributed by atoms with van der Waals surface area (Å²) in [6.45, 7) is 1.44. The Hall–Kier alpha value is -0.520. The number of aliphatic imine (C=N–C) groups is 1. The quantitative estimate of drug-likeness (QED) is 0.232. The predicted octanol–water partition coefficient (Wildman–Crippen LogP) is 1.76. The zero-order valence-corrected chi connectivity index (χ0v) is 17.4. The van der Waals surface area contributed by atoms with Crippen LogP contribution in [0.25, 0.3) is 0 Å². The summed E-state index contributed by atoms with van der Waals surface area (Å²) in [5.41, 5.74) is 0.956. The molecule has 0 amide bonds. The van der Waals surface area contributed by atoms with Crippen LogP contribution < -0.4 is 15.8 Å². The van der Waals surface area contributed by atoms with Gasteiger partial charge >= 0.3 is 0 Å². The fraction of sp³-hybridized carbons (Fsp3) is 0.500. The Morgan fingerprint density at radius 2 is 1.87 bits per heavy atom. The van der Waals surface area contributed by atoms with E-state index < -0.39 is 10.0 Å². The fourth-order valence-electron chi connectivity index (χ4n) is 1.78. The maximum Gasteiger partial charge on any atom is 0.238 e. The van der Waals surface area contributed by atoms with E-state index >= 15 is 0 Å². The van der Waals surface area contributed by atoms with Crippen molar-refractivity contribution in [1.82, 2.24) is 10.6 Å². The van der Waals surface area contributed by atoms with Crippen molar-refractivity contribution in [2.24, 2.45) is 10.1 Å². The Morgan fingerprint density at radius 1 is 1.22 bits per heavy atom. The largest absolute Gasteiger partial charge is 0.356 e. The Morgan fingerprint density at radius 3 is 2.39 bits per heavy atom. The number of sulfonamides is 1. The molecule has 0 unspecified atom stereocenters. The van der Waals surface area contributed by atoms with Crippen LogP contribution in [0.4, 0.5) is 0 Å². The summed E-state index contributed by atoms with van der Waals surface area (Å²) in [4.78, 5) is 4.27. The second kappa shape index (κ2) is 11.9. The van der Waals surface area contributed by atoms with Gasteiger partial charge in [-0.05, 0) is 42.5 Å². The van der Waals surface area contributed by atoms with Crippen molar-refractivity contribution in [3.63, 3.8) is 0 Å². The molecule has 0 aliphatic heterocycles. The van der Waals surface area contributed by atoms with Crippen molar-refractivity contribution in [3.05, 3.63) is 29.8 Å². The predicted molar refractivity (Wildman–Crippen MR) is 109 cm³/mol. The van der Waals surface area contributed by atoms with Gasteiger partial charge in [0.1, 0.15) is 0 Å². The van der Waals surface area contributed by atoms with Gasteiger partial charge in [0.25, 0.3) is 0 Å². The van der Waals surface area contributed by atoms with Crippen molar-refractivity contribution in [1.29, 1.82) is 0 Å². The van der Waals surface area contributed by atoms with Crippen LogP contribution >= 0.6 is 35.7 Å². The third-order valence-corrected chi connectivity index (χ3v) is 4.63. The van der Waals surface area contributed by atoms with Crippen LogP contribution in [0.15, 0.2) is 34.2 Å². The van der Waals surface area contributed by atoms with Gasteiger partial charge in [-0.15, -0.1) is 24.0 Å². The van der Waals surface area contributed by atoms with Gasteiger partial charge in [-0.2, -0.15) is 11.8 Å². The van der Waals surface area contributed by atoms with Crippen molar-refractivity contribution < 1.29 is 8.42 Å². The number of nitrogens with one attached hydrogen (secondary N) is 2. The molecule has 1 rings (SSSR count). The minimum Gasteiger partial charge on any atom is -0.356 e. The molecule has 0 heterocycles. The summed E-state index contributed by atoms with van der Waals surface area (Å²) < 4.78 is 22.4. The number of hydrogen-bond acceptors (Lipinski definition) is 4. The van der Waals surface area contributed by atoms with Gasteiger partial charge in [0.2, 0.25) is 10.0 Å². The number of guanidine groups is 1. The number of thioether (sulfide) groups is 1. The summed E-state index contributed by atoms with van der Waals surface area (Å²) >= 11 is 1.85. The number of benzene rings is 1. The highest BCUT2D eigenvalue weighted by Crippen LogP contribution is 2.08. The van der Waals surface area contributed by atoms with Crippen LogP contribution in [0.1, 0.15) is 18.4 Å². The third-order valence-electron chi connectivity index (χ3n) is 3.00. The zero-order valence-electron chi connectivity index (χ0n) is 13.4. The number of primary sulfonamides is 1. The Labute approximate surface area is 160 Å². The van der Waals surface area contributed by atoms with Gasteiger partial charge in [0.05, 0.1) is 4.90 Å². The van der Waals surface area contributed by atoms with Crippen molar-refractivity contribution in [3.8, 4) is 0 Å². The monoisotopic (exact) mass is 472 g/mol. The summed E-state index contributed by atoms with van der Waals surface area (Å²) in [7, 11) is -1.91. The van der Waals surface area contributed by atoms with Gasteiger partial charge in [-0.1, -0.05) is 12.1 Å². The van der Waals surface area contributed by atoms with E-state index in [2.05, 4.69) is 21.9 Å². The maximum atomic E-state index is 11.2. The van der Waals surface area contributed by atoms with Crippen molar-refractivity contribution >= 4 is 51.7 Å². The molecule has 0 radical (unpaired) electrons. The lowest BCUT2D eigenvalue weighted by Crippen LogP contribution is -2.37. The lowest BCUT2D eigenvalue weighted by atomic mass is 10.2. The molecule has 0 spiro atoms. The van der Waals surface area contributed by atoms with Gasteiger partial charge in [-0.25, -0.2) is 13.6 Å². The van der Waals surface area contributed by atoms with Crippen LogP contribution in [0.3, 0.4) is 0 Å². The van der Waals surface area contributed by atoms with Crippen LogP contribution in [0.5, 0.6) is 0 Å². The average molecular weight is 472 g/mol. The second-order valence-electron chi connectivity index (χ2n) is 4.74.